The van der Waals surface area contributed by atoms with Crippen LogP contribution in [0.2, 0.25) is 0 Å². The van der Waals surface area contributed by atoms with Gasteiger partial charge in [0, 0.05) is 17.2 Å². The van der Waals surface area contributed by atoms with Crippen molar-refractivity contribution in [2.24, 2.45) is 5.10 Å². The molecule has 132 valence electrons. The molecule has 0 radical (unpaired) electrons. The van der Waals surface area contributed by atoms with E-state index in [1.807, 2.05) is 0 Å². The van der Waals surface area contributed by atoms with Crippen LogP contribution in [0.1, 0.15) is 15.9 Å². The predicted molar refractivity (Wildman–Crippen MR) is 94.2 cm³/mol. The molecule has 1 N–H and O–H groups in total. The molecule has 0 spiro atoms. The molecule has 0 aliphatic rings. The number of nitrogens with zero attached hydrogens (tertiary/aromatic N) is 1. The van der Waals surface area contributed by atoms with Gasteiger partial charge in [0.1, 0.15) is 23.0 Å². The van der Waals surface area contributed by atoms with Crippen LogP contribution in [0.4, 0.5) is 0 Å². The normalized spacial score (nSPS) is 10.4. The Hall–Kier alpha value is -3.22. The maximum atomic E-state index is 12.3. The molecule has 7 nitrogen and oxygen atoms in total. The number of nitrogens with one attached hydrogen (secondary N) is 1. The quantitative estimate of drug-likeness (QED) is 0.617. The van der Waals surface area contributed by atoms with Crippen LogP contribution in [0.3, 0.4) is 0 Å². The Kier molecular flexibility index (Phi) is 6.22. The molecule has 0 aromatic heterocycles. The molecular formula is C18H20N2O5. The fourth-order valence-electron chi connectivity index (χ4n) is 2.10. The Morgan fingerprint density at radius 3 is 2.08 bits per heavy atom. The number of hydrogen-bond donors (Lipinski definition) is 1. The second kappa shape index (κ2) is 8.58. The zero-order chi connectivity index (χ0) is 18.2. The van der Waals surface area contributed by atoms with Gasteiger partial charge in [0.25, 0.3) is 5.91 Å². The van der Waals surface area contributed by atoms with E-state index in [4.69, 9.17) is 18.9 Å². The van der Waals surface area contributed by atoms with Crippen molar-refractivity contribution in [3.8, 4) is 23.0 Å². The molecule has 0 unspecified atom stereocenters. The van der Waals surface area contributed by atoms with E-state index in [2.05, 4.69) is 10.5 Å². The van der Waals surface area contributed by atoms with Gasteiger partial charge in [0.05, 0.1) is 34.7 Å². The monoisotopic (exact) mass is 344 g/mol. The second-order valence-corrected chi connectivity index (χ2v) is 4.91. The van der Waals surface area contributed by atoms with Crippen LogP contribution in [-0.2, 0) is 0 Å². The van der Waals surface area contributed by atoms with E-state index in [9.17, 15) is 4.79 Å². The molecule has 0 atom stereocenters. The molecule has 2 aromatic carbocycles. The maximum Gasteiger partial charge on any atom is 0.271 e. The standard InChI is InChI=1S/C18H20N2O5/c1-22-14-5-6-17(25-4)13(9-14)11-19-20-18(21)12-7-15(23-2)10-16(8-12)24-3/h5-11H,1-4H3,(H,20,21)/b19-11-. The SMILES string of the molecule is COc1cc(OC)cc(C(=O)N/N=C\c2cc(OC)ccc2OC)c1. The Labute approximate surface area is 146 Å². The fourth-order valence-corrected chi connectivity index (χ4v) is 2.10. The van der Waals surface area contributed by atoms with Crippen LogP contribution in [0.15, 0.2) is 41.5 Å². The van der Waals surface area contributed by atoms with Crippen LogP contribution in [0.25, 0.3) is 0 Å². The van der Waals surface area contributed by atoms with Crippen molar-refractivity contribution in [2.45, 2.75) is 0 Å². The van der Waals surface area contributed by atoms with Crippen LogP contribution in [0.5, 0.6) is 23.0 Å². The maximum absolute atomic E-state index is 12.3. The molecular weight excluding hydrogens is 324 g/mol. The number of ether oxygens (including phenoxy) is 4. The summed E-state index contributed by atoms with van der Waals surface area (Å²) in [6.45, 7) is 0. The zero-order valence-corrected chi connectivity index (χ0v) is 14.5. The third-order valence-corrected chi connectivity index (χ3v) is 3.42. The summed E-state index contributed by atoms with van der Waals surface area (Å²) in [7, 11) is 6.16. The minimum atomic E-state index is -0.393. The summed E-state index contributed by atoms with van der Waals surface area (Å²) in [5, 5.41) is 3.97. The first kappa shape index (κ1) is 18.1. The number of benzene rings is 2. The van der Waals surface area contributed by atoms with Gasteiger partial charge in [-0.2, -0.15) is 5.10 Å². The first-order valence-corrected chi connectivity index (χ1v) is 7.39. The molecule has 0 bridgehead atoms. The van der Waals surface area contributed by atoms with E-state index >= 15 is 0 Å². The minimum absolute atomic E-state index is 0.367. The predicted octanol–water partition coefficient (Wildman–Crippen LogP) is 2.48. The van der Waals surface area contributed by atoms with Gasteiger partial charge in [-0.05, 0) is 30.3 Å². The summed E-state index contributed by atoms with van der Waals surface area (Å²) >= 11 is 0. The highest BCUT2D eigenvalue weighted by molar-refractivity contribution is 5.96. The third kappa shape index (κ3) is 4.63. The average molecular weight is 344 g/mol. The molecule has 2 aromatic rings. The van der Waals surface area contributed by atoms with Crippen molar-refractivity contribution < 1.29 is 23.7 Å². The van der Waals surface area contributed by atoms with Crippen LogP contribution in [0, 0.1) is 0 Å². The molecule has 2 rings (SSSR count). The molecule has 25 heavy (non-hydrogen) atoms. The number of carbonyl (C=O) groups is 1. The van der Waals surface area contributed by atoms with E-state index in [0.717, 1.165) is 0 Å². The molecule has 0 fully saturated rings. The average Bonchev–Trinajstić information content (AvgIpc) is 2.67. The van der Waals surface area contributed by atoms with Crippen molar-refractivity contribution >= 4 is 12.1 Å². The number of carbonyl (C=O) groups excluding carboxylic acids is 1. The van der Waals surface area contributed by atoms with Crippen LogP contribution >= 0.6 is 0 Å². The Morgan fingerprint density at radius 2 is 1.52 bits per heavy atom. The summed E-state index contributed by atoms with van der Waals surface area (Å²) in [5.41, 5.74) is 3.50. The van der Waals surface area contributed by atoms with Crippen LogP contribution < -0.4 is 24.4 Å². The van der Waals surface area contributed by atoms with Gasteiger partial charge in [-0.15, -0.1) is 0 Å². The summed E-state index contributed by atoms with van der Waals surface area (Å²) < 4.78 is 20.7. The lowest BCUT2D eigenvalue weighted by atomic mass is 10.2. The zero-order valence-electron chi connectivity index (χ0n) is 14.5. The van der Waals surface area contributed by atoms with Crippen molar-refractivity contribution in [1.29, 1.82) is 0 Å². The summed E-state index contributed by atoms with van der Waals surface area (Å²) in [5.74, 6) is 1.91. The topological polar surface area (TPSA) is 78.4 Å². The highest BCUT2D eigenvalue weighted by Gasteiger charge is 2.09. The lowest BCUT2D eigenvalue weighted by molar-refractivity contribution is 0.0954. The lowest BCUT2D eigenvalue weighted by Crippen LogP contribution is -2.17. The molecule has 0 aliphatic heterocycles. The Morgan fingerprint density at radius 1 is 0.880 bits per heavy atom. The minimum Gasteiger partial charge on any atom is -0.497 e. The molecule has 0 saturated heterocycles. The van der Waals surface area contributed by atoms with Crippen molar-refractivity contribution in [2.75, 3.05) is 28.4 Å². The van der Waals surface area contributed by atoms with Gasteiger partial charge in [-0.25, -0.2) is 5.43 Å². The highest BCUT2D eigenvalue weighted by Crippen LogP contribution is 2.23. The van der Waals surface area contributed by atoms with Gasteiger partial charge >= 0.3 is 0 Å². The molecule has 1 amide bonds. The molecule has 7 heteroatoms. The fraction of sp³-hybridized carbons (Fsp3) is 0.222. The summed E-state index contributed by atoms with van der Waals surface area (Å²) in [6.07, 6.45) is 1.48. The number of hydrazone groups is 1. The first-order valence-electron chi connectivity index (χ1n) is 7.39. The third-order valence-electron chi connectivity index (χ3n) is 3.42. The van der Waals surface area contributed by atoms with Gasteiger partial charge in [0.2, 0.25) is 0 Å². The lowest BCUT2D eigenvalue weighted by Gasteiger charge is -2.08. The molecule has 0 aliphatic carbocycles. The Balaban J connectivity index is 2.15. The number of amides is 1. The van der Waals surface area contributed by atoms with E-state index in [-0.39, 0.29) is 0 Å². The highest BCUT2D eigenvalue weighted by atomic mass is 16.5. The van der Waals surface area contributed by atoms with Crippen molar-refractivity contribution in [1.82, 2.24) is 5.43 Å². The van der Waals surface area contributed by atoms with Crippen molar-refractivity contribution in [3.05, 3.63) is 47.5 Å². The Bertz CT molecular complexity index is 752. The van der Waals surface area contributed by atoms with Crippen molar-refractivity contribution in [3.63, 3.8) is 0 Å². The molecule has 0 heterocycles. The molecule has 0 saturated carbocycles. The smallest absolute Gasteiger partial charge is 0.271 e. The van der Waals surface area contributed by atoms with Gasteiger partial charge in [-0.1, -0.05) is 0 Å². The number of rotatable bonds is 7. The first-order chi connectivity index (χ1) is 12.1. The van der Waals surface area contributed by atoms with Gasteiger partial charge in [0.15, 0.2) is 0 Å². The number of hydrogen-bond acceptors (Lipinski definition) is 6. The largest absolute Gasteiger partial charge is 0.497 e. The second-order valence-electron chi connectivity index (χ2n) is 4.91. The van der Waals surface area contributed by atoms with Gasteiger partial charge in [-0.3, -0.25) is 4.79 Å². The van der Waals surface area contributed by atoms with Gasteiger partial charge < -0.3 is 18.9 Å². The van der Waals surface area contributed by atoms with E-state index in [0.29, 0.717) is 34.1 Å². The summed E-state index contributed by atoms with van der Waals surface area (Å²) in [4.78, 5) is 12.3. The van der Waals surface area contributed by atoms with Crippen LogP contribution in [-0.4, -0.2) is 40.6 Å². The van der Waals surface area contributed by atoms with E-state index in [1.165, 1.54) is 20.4 Å². The van der Waals surface area contributed by atoms with E-state index in [1.54, 1.807) is 50.6 Å². The van der Waals surface area contributed by atoms with E-state index < -0.39 is 5.91 Å². The number of methoxy groups -OCH3 is 4. The summed E-state index contributed by atoms with van der Waals surface area (Å²) in [6, 6.07) is 10.2.